The molecule has 0 aromatic heterocycles. The van der Waals surface area contributed by atoms with Gasteiger partial charge in [-0.1, -0.05) is 6.07 Å². The van der Waals surface area contributed by atoms with Crippen molar-refractivity contribution in [2.24, 2.45) is 5.73 Å². The van der Waals surface area contributed by atoms with Crippen LogP contribution < -0.4 is 15.2 Å². The molecule has 0 saturated carbocycles. The Labute approximate surface area is 118 Å². The van der Waals surface area contributed by atoms with Crippen LogP contribution in [0.5, 0.6) is 11.5 Å². The van der Waals surface area contributed by atoms with Gasteiger partial charge in [0.25, 0.3) is 0 Å². The minimum Gasteiger partial charge on any atom is -0.496 e. The molecule has 0 radical (unpaired) electrons. The predicted octanol–water partition coefficient (Wildman–Crippen LogP) is 3.43. The van der Waals surface area contributed by atoms with Crippen LogP contribution in [-0.4, -0.2) is 7.11 Å². The molecule has 0 aliphatic heterocycles. The number of nitrogens with two attached hydrogens (primary N) is 1. The van der Waals surface area contributed by atoms with Crippen LogP contribution in [0.2, 0.25) is 0 Å². The van der Waals surface area contributed by atoms with Gasteiger partial charge < -0.3 is 15.2 Å². The molecule has 106 valence electrons. The molecular weight excluding hydrogens is 257 g/mol. The largest absolute Gasteiger partial charge is 0.496 e. The number of benzene rings is 2. The summed E-state index contributed by atoms with van der Waals surface area (Å²) in [5.41, 5.74) is 7.80. The molecule has 1 atom stereocenters. The van der Waals surface area contributed by atoms with E-state index < -0.39 is 0 Å². The molecule has 20 heavy (non-hydrogen) atoms. The van der Waals surface area contributed by atoms with Gasteiger partial charge in [0.15, 0.2) is 0 Å². The zero-order valence-corrected chi connectivity index (χ0v) is 11.6. The zero-order chi connectivity index (χ0) is 14.5. The number of methoxy groups -OCH3 is 1. The van der Waals surface area contributed by atoms with Crippen molar-refractivity contribution in [1.82, 2.24) is 0 Å². The Hall–Kier alpha value is -2.07. The first-order valence-corrected chi connectivity index (χ1v) is 6.41. The van der Waals surface area contributed by atoms with Crippen LogP contribution >= 0.6 is 0 Å². The van der Waals surface area contributed by atoms with Gasteiger partial charge in [0.05, 0.1) is 7.11 Å². The number of hydrogen-bond acceptors (Lipinski definition) is 3. The second kappa shape index (κ2) is 6.39. The lowest BCUT2D eigenvalue weighted by Gasteiger charge is -2.13. The molecule has 2 aromatic carbocycles. The van der Waals surface area contributed by atoms with Crippen LogP contribution in [0.3, 0.4) is 0 Å². The molecule has 0 aliphatic rings. The number of ether oxygens (including phenoxy) is 2. The molecule has 0 spiro atoms. The van der Waals surface area contributed by atoms with Crippen LogP contribution in [-0.2, 0) is 6.61 Å². The lowest BCUT2D eigenvalue weighted by Crippen LogP contribution is -2.07. The van der Waals surface area contributed by atoms with Crippen molar-refractivity contribution in [3.05, 3.63) is 59.4 Å². The first-order valence-electron chi connectivity index (χ1n) is 6.41. The topological polar surface area (TPSA) is 44.5 Å². The van der Waals surface area contributed by atoms with Crippen LogP contribution in [0, 0.1) is 5.82 Å². The van der Waals surface area contributed by atoms with Gasteiger partial charge in [-0.05, 0) is 48.9 Å². The minimum atomic E-state index is -0.283. The SMILES string of the molecule is COc1ccc(C(C)N)cc1COc1ccc(F)cc1. The van der Waals surface area contributed by atoms with E-state index in [1.54, 1.807) is 19.2 Å². The van der Waals surface area contributed by atoms with Gasteiger partial charge in [0.2, 0.25) is 0 Å². The molecular formula is C16H18FNO2. The lowest BCUT2D eigenvalue weighted by molar-refractivity contribution is 0.296. The molecule has 4 heteroatoms. The highest BCUT2D eigenvalue weighted by atomic mass is 19.1. The van der Waals surface area contributed by atoms with Crippen LogP contribution in [0.1, 0.15) is 24.1 Å². The highest BCUT2D eigenvalue weighted by Gasteiger charge is 2.08. The number of hydrogen-bond donors (Lipinski definition) is 1. The molecule has 2 aromatic rings. The normalized spacial score (nSPS) is 12.0. The van der Waals surface area contributed by atoms with Gasteiger partial charge in [-0.3, -0.25) is 0 Å². The lowest BCUT2D eigenvalue weighted by atomic mass is 10.1. The molecule has 0 saturated heterocycles. The van der Waals surface area contributed by atoms with Crippen molar-refractivity contribution in [2.75, 3.05) is 7.11 Å². The monoisotopic (exact) mass is 275 g/mol. The van der Waals surface area contributed by atoms with E-state index in [0.717, 1.165) is 16.9 Å². The third kappa shape index (κ3) is 3.48. The zero-order valence-electron chi connectivity index (χ0n) is 11.6. The quantitative estimate of drug-likeness (QED) is 0.909. The first kappa shape index (κ1) is 14.3. The molecule has 3 nitrogen and oxygen atoms in total. The van der Waals surface area contributed by atoms with Crippen molar-refractivity contribution in [3.63, 3.8) is 0 Å². The molecule has 0 fully saturated rings. The molecule has 0 heterocycles. The molecule has 0 bridgehead atoms. The van der Waals surface area contributed by atoms with Crippen molar-refractivity contribution < 1.29 is 13.9 Å². The maximum absolute atomic E-state index is 12.8. The predicted molar refractivity (Wildman–Crippen MR) is 76.3 cm³/mol. The number of rotatable bonds is 5. The summed E-state index contributed by atoms with van der Waals surface area (Å²) in [5, 5.41) is 0. The second-order valence-electron chi connectivity index (χ2n) is 4.60. The Bertz CT molecular complexity index is 567. The highest BCUT2D eigenvalue weighted by molar-refractivity contribution is 5.38. The van der Waals surface area contributed by atoms with Crippen molar-refractivity contribution in [3.8, 4) is 11.5 Å². The summed E-state index contributed by atoms with van der Waals surface area (Å²) in [7, 11) is 1.61. The van der Waals surface area contributed by atoms with E-state index in [1.807, 2.05) is 25.1 Å². The maximum atomic E-state index is 12.8. The Morgan fingerprint density at radius 2 is 1.85 bits per heavy atom. The average Bonchev–Trinajstić information content (AvgIpc) is 2.46. The van der Waals surface area contributed by atoms with Gasteiger partial charge in [-0.2, -0.15) is 0 Å². The van der Waals surface area contributed by atoms with E-state index in [2.05, 4.69) is 0 Å². The third-order valence-corrected chi connectivity index (χ3v) is 3.04. The summed E-state index contributed by atoms with van der Waals surface area (Å²) in [6.45, 7) is 2.27. The maximum Gasteiger partial charge on any atom is 0.125 e. The molecule has 2 rings (SSSR count). The Morgan fingerprint density at radius 3 is 2.45 bits per heavy atom. The summed E-state index contributed by atoms with van der Waals surface area (Å²) in [6.07, 6.45) is 0. The number of halogens is 1. The Morgan fingerprint density at radius 1 is 1.15 bits per heavy atom. The van der Waals surface area contributed by atoms with Crippen LogP contribution in [0.15, 0.2) is 42.5 Å². The van der Waals surface area contributed by atoms with Gasteiger partial charge in [-0.25, -0.2) is 4.39 Å². The molecule has 0 aliphatic carbocycles. The highest BCUT2D eigenvalue weighted by Crippen LogP contribution is 2.24. The fourth-order valence-electron chi connectivity index (χ4n) is 1.89. The van der Waals surface area contributed by atoms with E-state index in [4.69, 9.17) is 15.2 Å². The first-order chi connectivity index (χ1) is 9.60. The van der Waals surface area contributed by atoms with Gasteiger partial charge in [-0.15, -0.1) is 0 Å². The summed E-state index contributed by atoms with van der Waals surface area (Å²) in [6, 6.07) is 11.6. The summed E-state index contributed by atoms with van der Waals surface area (Å²) in [4.78, 5) is 0. The van der Waals surface area contributed by atoms with Gasteiger partial charge in [0.1, 0.15) is 23.9 Å². The van der Waals surface area contributed by atoms with Crippen LogP contribution in [0.25, 0.3) is 0 Å². The van der Waals surface area contributed by atoms with E-state index >= 15 is 0 Å². The fourth-order valence-corrected chi connectivity index (χ4v) is 1.89. The van der Waals surface area contributed by atoms with Gasteiger partial charge >= 0.3 is 0 Å². The van der Waals surface area contributed by atoms with Crippen molar-refractivity contribution >= 4 is 0 Å². The van der Waals surface area contributed by atoms with Crippen LogP contribution in [0.4, 0.5) is 4.39 Å². The molecule has 2 N–H and O–H groups in total. The Kier molecular flexibility index (Phi) is 4.58. The van der Waals surface area contributed by atoms with E-state index in [-0.39, 0.29) is 11.9 Å². The van der Waals surface area contributed by atoms with E-state index in [9.17, 15) is 4.39 Å². The van der Waals surface area contributed by atoms with E-state index in [0.29, 0.717) is 12.4 Å². The summed E-state index contributed by atoms with van der Waals surface area (Å²) >= 11 is 0. The fraction of sp³-hybridized carbons (Fsp3) is 0.250. The molecule has 1 unspecified atom stereocenters. The van der Waals surface area contributed by atoms with Crippen molar-refractivity contribution in [1.29, 1.82) is 0 Å². The Balaban J connectivity index is 2.14. The van der Waals surface area contributed by atoms with Gasteiger partial charge in [0, 0.05) is 11.6 Å². The summed E-state index contributed by atoms with van der Waals surface area (Å²) in [5.74, 6) is 1.07. The third-order valence-electron chi connectivity index (χ3n) is 3.04. The standard InChI is InChI=1S/C16H18FNO2/c1-11(18)12-3-8-16(19-2)13(9-12)10-20-15-6-4-14(17)5-7-15/h3-9,11H,10,18H2,1-2H3. The smallest absolute Gasteiger partial charge is 0.125 e. The molecule has 0 amide bonds. The minimum absolute atomic E-state index is 0.0505. The van der Waals surface area contributed by atoms with Crippen molar-refractivity contribution in [2.45, 2.75) is 19.6 Å². The van der Waals surface area contributed by atoms with E-state index in [1.165, 1.54) is 12.1 Å². The summed E-state index contributed by atoms with van der Waals surface area (Å²) < 4.78 is 23.8. The average molecular weight is 275 g/mol. The second-order valence-corrected chi connectivity index (χ2v) is 4.60.